The smallest absolute Gasteiger partial charge is 0.0109 e. The van der Waals surface area contributed by atoms with Crippen molar-refractivity contribution < 1.29 is 0 Å². The summed E-state index contributed by atoms with van der Waals surface area (Å²) < 4.78 is 0. The Balaban J connectivity index is 2.66. The van der Waals surface area contributed by atoms with Crippen molar-refractivity contribution in [3.05, 3.63) is 0 Å². The second-order valence-electron chi connectivity index (χ2n) is 8.15. The summed E-state index contributed by atoms with van der Waals surface area (Å²) in [6.45, 7) is 13.1. The molecule has 3 heteroatoms. The number of likely N-dealkylation sites (N-methyl/N-ethyl adjacent to an activating group) is 1. The van der Waals surface area contributed by atoms with Gasteiger partial charge in [0, 0.05) is 32.7 Å². The van der Waals surface area contributed by atoms with Crippen LogP contribution in [0.2, 0.25) is 0 Å². The molecule has 0 bridgehead atoms. The second kappa shape index (κ2) is 9.12. The van der Waals surface area contributed by atoms with Gasteiger partial charge in [-0.2, -0.15) is 0 Å². The molecule has 0 aromatic carbocycles. The van der Waals surface area contributed by atoms with Crippen LogP contribution < -0.4 is 5.32 Å². The maximum atomic E-state index is 3.48. The van der Waals surface area contributed by atoms with Crippen LogP contribution in [0, 0.1) is 17.3 Å². The molecule has 1 aliphatic rings. The highest BCUT2D eigenvalue weighted by atomic mass is 15.2. The predicted octanol–water partition coefficient (Wildman–Crippen LogP) is 2.92. The van der Waals surface area contributed by atoms with Crippen LogP contribution in [0.3, 0.4) is 0 Å². The Labute approximate surface area is 133 Å². The molecule has 0 aromatic heterocycles. The first-order chi connectivity index (χ1) is 9.87. The topological polar surface area (TPSA) is 18.5 Å². The number of nitrogens with zero attached hydrogens (tertiary/aromatic N) is 2. The lowest BCUT2D eigenvalue weighted by Gasteiger charge is -2.43. The third-order valence-electron chi connectivity index (χ3n) is 4.93. The van der Waals surface area contributed by atoms with Gasteiger partial charge in [-0.1, -0.05) is 33.6 Å². The van der Waals surface area contributed by atoms with E-state index in [1.807, 2.05) is 0 Å². The fourth-order valence-corrected chi connectivity index (χ4v) is 3.71. The highest BCUT2D eigenvalue weighted by molar-refractivity contribution is 4.89. The predicted molar refractivity (Wildman–Crippen MR) is 93.8 cm³/mol. The summed E-state index contributed by atoms with van der Waals surface area (Å²) in [5.74, 6) is 1.68. The first-order valence-electron chi connectivity index (χ1n) is 8.88. The first kappa shape index (κ1) is 18.9. The lowest BCUT2D eigenvalue weighted by atomic mass is 9.70. The summed E-state index contributed by atoms with van der Waals surface area (Å²) in [5.41, 5.74) is 0.502. The Kier molecular flexibility index (Phi) is 8.22. The van der Waals surface area contributed by atoms with Gasteiger partial charge in [-0.15, -0.1) is 0 Å². The summed E-state index contributed by atoms with van der Waals surface area (Å²) in [5, 5.41) is 3.48. The molecule has 126 valence electrons. The minimum absolute atomic E-state index is 0.502. The molecule has 0 saturated heterocycles. The van der Waals surface area contributed by atoms with Crippen LogP contribution in [-0.2, 0) is 0 Å². The summed E-state index contributed by atoms with van der Waals surface area (Å²) in [6, 6.07) is 0. The average Bonchev–Trinajstić information content (AvgIpc) is 2.39. The molecule has 1 fully saturated rings. The molecule has 3 nitrogen and oxygen atoms in total. The van der Waals surface area contributed by atoms with Gasteiger partial charge in [-0.25, -0.2) is 0 Å². The zero-order valence-corrected chi connectivity index (χ0v) is 15.4. The van der Waals surface area contributed by atoms with Crippen LogP contribution in [0.5, 0.6) is 0 Å². The van der Waals surface area contributed by atoms with Gasteiger partial charge in [-0.05, 0) is 51.2 Å². The van der Waals surface area contributed by atoms with E-state index in [-0.39, 0.29) is 0 Å². The van der Waals surface area contributed by atoms with Crippen LogP contribution in [0.1, 0.15) is 46.5 Å². The van der Waals surface area contributed by atoms with E-state index in [1.54, 1.807) is 0 Å². The molecule has 0 aromatic rings. The molecule has 1 N–H and O–H groups in total. The molecule has 0 atom stereocenters. The molecule has 0 heterocycles. The van der Waals surface area contributed by atoms with Crippen LogP contribution in [0.15, 0.2) is 0 Å². The van der Waals surface area contributed by atoms with Crippen molar-refractivity contribution in [1.29, 1.82) is 0 Å². The zero-order valence-electron chi connectivity index (χ0n) is 15.4. The van der Waals surface area contributed by atoms with Gasteiger partial charge in [0.15, 0.2) is 0 Å². The number of rotatable bonds is 9. The van der Waals surface area contributed by atoms with E-state index in [9.17, 15) is 0 Å². The molecule has 1 aliphatic carbocycles. The maximum absolute atomic E-state index is 3.48. The highest BCUT2D eigenvalue weighted by Crippen LogP contribution is 2.39. The quantitative estimate of drug-likeness (QED) is 0.706. The van der Waals surface area contributed by atoms with Gasteiger partial charge in [-0.3, -0.25) is 0 Å². The molecule has 0 spiro atoms. The number of hydrogen-bond acceptors (Lipinski definition) is 3. The lowest BCUT2D eigenvalue weighted by Crippen LogP contribution is -2.47. The monoisotopic (exact) mass is 297 g/mol. The van der Waals surface area contributed by atoms with E-state index in [2.05, 4.69) is 57.0 Å². The minimum atomic E-state index is 0.502. The van der Waals surface area contributed by atoms with Gasteiger partial charge in [0.2, 0.25) is 0 Å². The fourth-order valence-electron chi connectivity index (χ4n) is 3.71. The average molecular weight is 298 g/mol. The molecule has 0 radical (unpaired) electrons. The second-order valence-corrected chi connectivity index (χ2v) is 8.15. The van der Waals surface area contributed by atoms with Gasteiger partial charge < -0.3 is 15.1 Å². The SMILES string of the molecule is CNCC1(CN(CCN(C)C)CC(C)C)CCC(C)CC1. The van der Waals surface area contributed by atoms with Crippen molar-refractivity contribution in [2.75, 3.05) is 53.9 Å². The van der Waals surface area contributed by atoms with E-state index < -0.39 is 0 Å². The normalized spacial score (nSPS) is 27.0. The lowest BCUT2D eigenvalue weighted by molar-refractivity contribution is 0.0780. The molecule has 0 unspecified atom stereocenters. The van der Waals surface area contributed by atoms with E-state index in [1.165, 1.54) is 58.4 Å². The van der Waals surface area contributed by atoms with E-state index in [4.69, 9.17) is 0 Å². The Bertz CT molecular complexity index is 268. The van der Waals surface area contributed by atoms with Gasteiger partial charge in [0.1, 0.15) is 0 Å². The van der Waals surface area contributed by atoms with Crippen molar-refractivity contribution in [1.82, 2.24) is 15.1 Å². The fraction of sp³-hybridized carbons (Fsp3) is 1.00. The molecule has 21 heavy (non-hydrogen) atoms. The van der Waals surface area contributed by atoms with Gasteiger partial charge >= 0.3 is 0 Å². The van der Waals surface area contributed by atoms with E-state index in [0.717, 1.165) is 11.8 Å². The van der Waals surface area contributed by atoms with Crippen LogP contribution >= 0.6 is 0 Å². The third kappa shape index (κ3) is 7.12. The largest absolute Gasteiger partial charge is 0.319 e. The molecular formula is C18H39N3. The van der Waals surface area contributed by atoms with E-state index >= 15 is 0 Å². The molecule has 1 rings (SSSR count). The summed E-state index contributed by atoms with van der Waals surface area (Å²) in [6.07, 6.45) is 5.60. The van der Waals surface area contributed by atoms with Crippen molar-refractivity contribution in [3.63, 3.8) is 0 Å². The third-order valence-corrected chi connectivity index (χ3v) is 4.93. The van der Waals surface area contributed by atoms with Crippen molar-refractivity contribution in [3.8, 4) is 0 Å². The Hall–Kier alpha value is -0.120. The maximum Gasteiger partial charge on any atom is 0.0109 e. The molecule has 0 amide bonds. The Morgan fingerprint density at radius 1 is 1.14 bits per heavy atom. The summed E-state index contributed by atoms with van der Waals surface area (Å²) >= 11 is 0. The molecule has 0 aliphatic heterocycles. The molecular weight excluding hydrogens is 258 g/mol. The Morgan fingerprint density at radius 3 is 2.24 bits per heavy atom. The Morgan fingerprint density at radius 2 is 1.76 bits per heavy atom. The summed E-state index contributed by atoms with van der Waals surface area (Å²) in [7, 11) is 6.48. The summed E-state index contributed by atoms with van der Waals surface area (Å²) in [4.78, 5) is 5.03. The number of nitrogens with one attached hydrogen (secondary N) is 1. The van der Waals surface area contributed by atoms with Crippen molar-refractivity contribution in [2.45, 2.75) is 46.5 Å². The van der Waals surface area contributed by atoms with Gasteiger partial charge in [0.05, 0.1) is 0 Å². The van der Waals surface area contributed by atoms with Crippen LogP contribution in [0.25, 0.3) is 0 Å². The zero-order chi connectivity index (χ0) is 15.9. The van der Waals surface area contributed by atoms with Gasteiger partial charge in [0.25, 0.3) is 0 Å². The van der Waals surface area contributed by atoms with Crippen LogP contribution in [0.4, 0.5) is 0 Å². The minimum Gasteiger partial charge on any atom is -0.319 e. The van der Waals surface area contributed by atoms with E-state index in [0.29, 0.717) is 5.41 Å². The first-order valence-corrected chi connectivity index (χ1v) is 8.88. The molecule has 1 saturated carbocycles. The van der Waals surface area contributed by atoms with Crippen molar-refractivity contribution in [2.24, 2.45) is 17.3 Å². The highest BCUT2D eigenvalue weighted by Gasteiger charge is 2.35. The van der Waals surface area contributed by atoms with Crippen LogP contribution in [-0.4, -0.2) is 63.7 Å². The standard InChI is InChI=1S/C18H39N3/c1-16(2)13-21(12-11-20(5)6)15-18(14-19-4)9-7-17(3)8-10-18/h16-17,19H,7-15H2,1-6H3. The number of hydrogen-bond donors (Lipinski definition) is 1. The van der Waals surface area contributed by atoms with Crippen molar-refractivity contribution >= 4 is 0 Å².